The number of hydrogen-bond acceptors (Lipinski definition) is 6. The molecule has 170 valence electrons. The monoisotopic (exact) mass is 473 g/mol. The van der Waals surface area contributed by atoms with Crippen LogP contribution in [0, 0.1) is 12.8 Å². The minimum Gasteiger partial charge on any atom is -0.466 e. The molecule has 2 aromatic heterocycles. The number of esters is 1. The molecule has 3 aromatic rings. The summed E-state index contributed by atoms with van der Waals surface area (Å²) in [5, 5.41) is 2.74. The first kappa shape index (κ1) is 22.7. The second-order valence-corrected chi connectivity index (χ2v) is 10.7. The number of hydrogen-bond donors (Lipinski definition) is 0. The second kappa shape index (κ2) is 9.17. The Morgan fingerprint density at radius 2 is 2.03 bits per heavy atom. The average molecular weight is 474 g/mol. The van der Waals surface area contributed by atoms with Crippen molar-refractivity contribution < 1.29 is 17.9 Å². The van der Waals surface area contributed by atoms with E-state index in [-0.39, 0.29) is 17.4 Å². The summed E-state index contributed by atoms with van der Waals surface area (Å²) in [6, 6.07) is 11.6. The molecule has 1 aromatic carbocycles. The first-order chi connectivity index (χ1) is 15.3. The number of benzene rings is 1. The summed E-state index contributed by atoms with van der Waals surface area (Å²) >= 11 is 1.49. The molecule has 0 saturated carbocycles. The molecule has 1 unspecified atom stereocenters. The van der Waals surface area contributed by atoms with Gasteiger partial charge in [0.15, 0.2) is 0 Å². The highest BCUT2D eigenvalue weighted by molar-refractivity contribution is 7.89. The van der Waals surface area contributed by atoms with Crippen LogP contribution in [0.15, 0.2) is 46.7 Å². The summed E-state index contributed by atoms with van der Waals surface area (Å²) in [4.78, 5) is 17.2. The lowest BCUT2D eigenvalue weighted by molar-refractivity contribution is -0.149. The van der Waals surface area contributed by atoms with E-state index in [4.69, 9.17) is 9.72 Å². The Hall–Kier alpha value is -2.49. The first-order valence-electron chi connectivity index (χ1n) is 10.7. The molecule has 0 amide bonds. The van der Waals surface area contributed by atoms with Crippen molar-refractivity contribution in [2.45, 2.75) is 31.6 Å². The van der Waals surface area contributed by atoms with Crippen LogP contribution in [0.2, 0.25) is 0 Å². The van der Waals surface area contributed by atoms with Crippen molar-refractivity contribution in [3.63, 3.8) is 0 Å². The normalized spacial score (nSPS) is 17.4. The highest BCUT2D eigenvalue weighted by Gasteiger charge is 2.36. The van der Waals surface area contributed by atoms with Crippen LogP contribution in [0.3, 0.4) is 0 Å². The smallest absolute Gasteiger partial charge is 0.310 e. The number of carbonyl (C=O) groups excluding carboxylic acids is 1. The first-order valence-corrected chi connectivity index (χ1v) is 13.0. The van der Waals surface area contributed by atoms with Crippen LogP contribution in [0.5, 0.6) is 0 Å². The summed E-state index contributed by atoms with van der Waals surface area (Å²) in [6.07, 6.45) is 1.28. The zero-order chi connectivity index (χ0) is 22.9. The van der Waals surface area contributed by atoms with Crippen molar-refractivity contribution in [3.05, 3.63) is 47.5 Å². The Morgan fingerprint density at radius 3 is 2.75 bits per heavy atom. The molecule has 1 fully saturated rings. The highest BCUT2D eigenvalue weighted by Crippen LogP contribution is 2.34. The van der Waals surface area contributed by atoms with Crippen LogP contribution >= 0.6 is 11.3 Å². The molecule has 0 radical (unpaired) electrons. The number of rotatable bonds is 6. The van der Waals surface area contributed by atoms with Crippen LogP contribution in [0.25, 0.3) is 22.0 Å². The van der Waals surface area contributed by atoms with Crippen LogP contribution < -0.4 is 0 Å². The van der Waals surface area contributed by atoms with E-state index < -0.39 is 15.9 Å². The van der Waals surface area contributed by atoms with Crippen molar-refractivity contribution in [2.75, 3.05) is 19.7 Å². The molecule has 7 nitrogen and oxygen atoms in total. The maximum absolute atomic E-state index is 13.5. The van der Waals surface area contributed by atoms with Gasteiger partial charge in [-0.25, -0.2) is 13.4 Å². The van der Waals surface area contributed by atoms with Gasteiger partial charge in [0.1, 0.15) is 9.90 Å². The molecular weight excluding hydrogens is 446 g/mol. The second-order valence-electron chi connectivity index (χ2n) is 7.90. The third kappa shape index (κ3) is 4.24. The van der Waals surface area contributed by atoms with E-state index in [9.17, 15) is 13.2 Å². The minimum atomic E-state index is -3.75. The standard InChI is InChI=1S/C23H27N3O4S2/c1-4-30-23(27)18-11-8-12-26(14-18)32(28,29)21-13-20(25(3)16(21)2)22-24-19(15-31-22)17-9-6-5-7-10-17/h5-7,9-10,13,15,18H,4,8,11-12,14H2,1-3H3. The molecule has 0 N–H and O–H groups in total. The van der Waals surface area contributed by atoms with Gasteiger partial charge in [-0.15, -0.1) is 11.3 Å². The van der Waals surface area contributed by atoms with E-state index >= 15 is 0 Å². The lowest BCUT2D eigenvalue weighted by Gasteiger charge is -2.30. The van der Waals surface area contributed by atoms with Gasteiger partial charge in [-0.05, 0) is 32.8 Å². The van der Waals surface area contributed by atoms with Gasteiger partial charge < -0.3 is 9.30 Å². The molecular formula is C23H27N3O4S2. The van der Waals surface area contributed by atoms with E-state index in [1.54, 1.807) is 19.9 Å². The molecule has 32 heavy (non-hydrogen) atoms. The van der Waals surface area contributed by atoms with Crippen LogP contribution in [-0.4, -0.2) is 47.9 Å². The average Bonchev–Trinajstić information content (AvgIpc) is 3.40. The molecule has 0 bridgehead atoms. The molecule has 9 heteroatoms. The van der Waals surface area contributed by atoms with E-state index in [1.807, 2.05) is 47.3 Å². The number of ether oxygens (including phenoxy) is 1. The maximum Gasteiger partial charge on any atom is 0.310 e. The van der Waals surface area contributed by atoms with E-state index in [2.05, 4.69) is 0 Å². The van der Waals surface area contributed by atoms with Crippen molar-refractivity contribution in [3.8, 4) is 22.0 Å². The van der Waals surface area contributed by atoms with Crippen LogP contribution in [-0.2, 0) is 26.6 Å². The summed E-state index contributed by atoms with van der Waals surface area (Å²) in [6.45, 7) is 4.40. The Balaban J connectivity index is 1.64. The largest absolute Gasteiger partial charge is 0.466 e. The van der Waals surface area contributed by atoms with E-state index in [0.29, 0.717) is 31.7 Å². The van der Waals surface area contributed by atoms with Crippen molar-refractivity contribution in [2.24, 2.45) is 13.0 Å². The van der Waals surface area contributed by atoms with Crippen LogP contribution in [0.1, 0.15) is 25.5 Å². The molecule has 3 heterocycles. The van der Waals surface area contributed by atoms with Gasteiger partial charge in [0.2, 0.25) is 10.0 Å². The number of piperidine rings is 1. The van der Waals surface area contributed by atoms with E-state index in [1.165, 1.54) is 15.6 Å². The molecule has 1 aliphatic rings. The third-order valence-electron chi connectivity index (χ3n) is 5.90. The van der Waals surface area contributed by atoms with E-state index in [0.717, 1.165) is 22.0 Å². The summed E-state index contributed by atoms with van der Waals surface area (Å²) < 4.78 is 35.4. The van der Waals surface area contributed by atoms with Gasteiger partial charge in [-0.2, -0.15) is 4.31 Å². The number of aromatic nitrogens is 2. The molecule has 1 aliphatic heterocycles. The Bertz CT molecular complexity index is 1220. The number of sulfonamides is 1. The van der Waals surface area contributed by atoms with Crippen LogP contribution in [0.4, 0.5) is 0 Å². The van der Waals surface area contributed by atoms with Gasteiger partial charge in [-0.3, -0.25) is 4.79 Å². The predicted octanol–water partition coefficient (Wildman–Crippen LogP) is 4.09. The van der Waals surface area contributed by atoms with Crippen molar-refractivity contribution >= 4 is 27.3 Å². The lowest BCUT2D eigenvalue weighted by Crippen LogP contribution is -2.42. The van der Waals surface area contributed by atoms with Gasteiger partial charge >= 0.3 is 5.97 Å². The minimum absolute atomic E-state index is 0.153. The Morgan fingerprint density at radius 1 is 1.28 bits per heavy atom. The molecule has 1 saturated heterocycles. The summed E-state index contributed by atoms with van der Waals surface area (Å²) in [5.74, 6) is -0.747. The lowest BCUT2D eigenvalue weighted by atomic mass is 10.0. The zero-order valence-corrected chi connectivity index (χ0v) is 20.1. The molecule has 4 rings (SSSR count). The number of thiazole rings is 1. The molecule has 1 atom stereocenters. The Kier molecular flexibility index (Phi) is 6.50. The number of carbonyl (C=O) groups is 1. The van der Waals surface area contributed by atoms with Gasteiger partial charge in [0.25, 0.3) is 0 Å². The van der Waals surface area contributed by atoms with Gasteiger partial charge in [-0.1, -0.05) is 30.3 Å². The zero-order valence-electron chi connectivity index (χ0n) is 18.4. The maximum atomic E-state index is 13.5. The summed E-state index contributed by atoms with van der Waals surface area (Å²) in [7, 11) is -1.90. The van der Waals surface area contributed by atoms with Crippen molar-refractivity contribution in [1.29, 1.82) is 0 Å². The SMILES string of the molecule is CCOC(=O)C1CCCN(S(=O)(=O)c2cc(-c3nc(-c4ccccc4)cs3)n(C)c2C)C1. The highest BCUT2D eigenvalue weighted by atomic mass is 32.2. The Labute approximate surface area is 192 Å². The fraction of sp³-hybridized carbons (Fsp3) is 0.391. The quantitative estimate of drug-likeness (QED) is 0.504. The van der Waals surface area contributed by atoms with Gasteiger partial charge in [0, 0.05) is 36.8 Å². The fourth-order valence-electron chi connectivity index (χ4n) is 4.02. The predicted molar refractivity (Wildman–Crippen MR) is 125 cm³/mol. The topological polar surface area (TPSA) is 81.5 Å². The fourth-order valence-corrected chi connectivity index (χ4v) is 6.70. The number of nitrogens with zero attached hydrogens (tertiary/aromatic N) is 3. The molecule has 0 aliphatic carbocycles. The van der Waals surface area contributed by atoms with Gasteiger partial charge in [0.05, 0.1) is 23.9 Å². The summed E-state index contributed by atoms with van der Waals surface area (Å²) in [5.41, 5.74) is 3.29. The van der Waals surface area contributed by atoms with Crippen molar-refractivity contribution in [1.82, 2.24) is 13.9 Å². The molecule has 0 spiro atoms. The third-order valence-corrected chi connectivity index (χ3v) is 8.75.